The number of nitrogens with zero attached hydrogens (tertiary/aromatic N) is 5. The molecule has 0 saturated heterocycles. The highest BCUT2D eigenvalue weighted by Gasteiger charge is 2.26. The van der Waals surface area contributed by atoms with Crippen LogP contribution < -0.4 is 5.32 Å². The van der Waals surface area contributed by atoms with Gasteiger partial charge in [-0.15, -0.1) is 5.10 Å². The summed E-state index contributed by atoms with van der Waals surface area (Å²) < 4.78 is 9.25. The van der Waals surface area contributed by atoms with Crippen molar-refractivity contribution < 1.29 is 9.84 Å². The summed E-state index contributed by atoms with van der Waals surface area (Å²) in [5.74, 6) is 0.947. The number of methoxy groups -OCH3 is 1. The maximum atomic E-state index is 9.98. The van der Waals surface area contributed by atoms with E-state index in [-0.39, 0.29) is 17.7 Å². The highest BCUT2D eigenvalue weighted by atomic mass is 16.5. The minimum atomic E-state index is -0.186. The van der Waals surface area contributed by atoms with Gasteiger partial charge in [-0.25, -0.2) is 9.50 Å². The minimum absolute atomic E-state index is 0.0821. The number of fused-ring (bicyclic) bond motifs is 1. The summed E-state index contributed by atoms with van der Waals surface area (Å²) in [6.07, 6.45) is 9.29. The molecule has 3 aromatic heterocycles. The highest BCUT2D eigenvalue weighted by Crippen LogP contribution is 2.37. The summed E-state index contributed by atoms with van der Waals surface area (Å²) >= 11 is 0. The topological polar surface area (TPSA) is 89.5 Å². The Morgan fingerprint density at radius 3 is 2.61 bits per heavy atom. The van der Waals surface area contributed by atoms with Crippen molar-refractivity contribution in [1.29, 1.82) is 0 Å². The summed E-state index contributed by atoms with van der Waals surface area (Å²) in [5, 5.41) is 22.7. The Morgan fingerprint density at radius 1 is 1.23 bits per heavy atom. The smallest absolute Gasteiger partial charge is 0.241 e. The third-order valence-electron chi connectivity index (χ3n) is 6.03. The Bertz CT molecular complexity index is 1030. The fourth-order valence-electron chi connectivity index (χ4n) is 4.32. The summed E-state index contributed by atoms with van der Waals surface area (Å²) in [4.78, 5) is 4.58. The second kappa shape index (κ2) is 8.59. The number of hydrogen-bond donors (Lipinski definition) is 2. The number of nitrogens with one attached hydrogen (secondary N) is 1. The number of hydrogen-bond acceptors (Lipinski definition) is 6. The van der Waals surface area contributed by atoms with Crippen molar-refractivity contribution in [3.8, 4) is 11.1 Å². The van der Waals surface area contributed by atoms with Crippen LogP contribution in [0.15, 0.2) is 24.7 Å². The zero-order chi connectivity index (χ0) is 22.2. The van der Waals surface area contributed by atoms with Crippen LogP contribution in [0.2, 0.25) is 0 Å². The average molecular weight is 427 g/mol. The Balaban J connectivity index is 1.77. The zero-order valence-electron chi connectivity index (χ0n) is 19.2. The van der Waals surface area contributed by atoms with Crippen molar-refractivity contribution in [3.05, 3.63) is 30.4 Å². The van der Waals surface area contributed by atoms with E-state index in [0.29, 0.717) is 18.5 Å². The summed E-state index contributed by atoms with van der Waals surface area (Å²) in [6, 6.07) is 2.34. The van der Waals surface area contributed by atoms with Crippen LogP contribution >= 0.6 is 0 Å². The second-order valence-corrected chi connectivity index (χ2v) is 9.71. The second-order valence-electron chi connectivity index (χ2n) is 9.71. The first-order valence-corrected chi connectivity index (χ1v) is 11.1. The third-order valence-corrected chi connectivity index (χ3v) is 6.03. The predicted molar refractivity (Wildman–Crippen MR) is 121 cm³/mol. The first-order chi connectivity index (χ1) is 14.8. The lowest BCUT2D eigenvalue weighted by Crippen LogP contribution is -2.23. The van der Waals surface area contributed by atoms with Gasteiger partial charge in [0, 0.05) is 42.1 Å². The molecule has 3 heterocycles. The van der Waals surface area contributed by atoms with E-state index in [1.165, 1.54) is 5.69 Å². The predicted octanol–water partition coefficient (Wildman–Crippen LogP) is 3.81. The number of aromatic nitrogens is 5. The molecule has 4 rings (SSSR count). The van der Waals surface area contributed by atoms with Crippen molar-refractivity contribution in [2.45, 2.75) is 77.0 Å². The average Bonchev–Trinajstić information content (AvgIpc) is 3.33. The number of rotatable bonds is 6. The van der Waals surface area contributed by atoms with Gasteiger partial charge in [0.1, 0.15) is 0 Å². The van der Waals surface area contributed by atoms with E-state index < -0.39 is 0 Å². The molecule has 1 aliphatic rings. The first-order valence-electron chi connectivity index (χ1n) is 11.1. The molecule has 0 amide bonds. The minimum Gasteiger partial charge on any atom is -0.393 e. The van der Waals surface area contributed by atoms with Crippen LogP contribution in [0.1, 0.15) is 65.0 Å². The highest BCUT2D eigenvalue weighted by molar-refractivity contribution is 5.81. The van der Waals surface area contributed by atoms with Gasteiger partial charge in [0.15, 0.2) is 0 Å². The molecule has 1 atom stereocenters. The molecule has 168 valence electrons. The maximum absolute atomic E-state index is 9.98. The standard InChI is InChI=1S/C23H34N6O2/c1-15(14-31-5)26-22-24-12-21-19(17-11-25-28(13-17)23(2,3)4)10-20(29(21)27-22)16-6-8-18(30)9-7-16/h10-13,15-16,18,30H,6-9,14H2,1-5H3,(H,26,27)/t15-,16-,18-/m0/s1. The molecule has 2 N–H and O–H groups in total. The molecule has 0 unspecified atom stereocenters. The van der Waals surface area contributed by atoms with Crippen LogP contribution in [0.25, 0.3) is 16.6 Å². The molecule has 0 aromatic carbocycles. The summed E-state index contributed by atoms with van der Waals surface area (Å²) in [7, 11) is 1.69. The van der Waals surface area contributed by atoms with Crippen LogP contribution in [-0.2, 0) is 10.3 Å². The number of ether oxygens (including phenoxy) is 1. The van der Waals surface area contributed by atoms with E-state index >= 15 is 0 Å². The molecule has 1 aliphatic carbocycles. The maximum Gasteiger partial charge on any atom is 0.241 e. The van der Waals surface area contributed by atoms with Gasteiger partial charge in [-0.2, -0.15) is 5.10 Å². The van der Waals surface area contributed by atoms with Crippen LogP contribution in [0.4, 0.5) is 5.95 Å². The van der Waals surface area contributed by atoms with Crippen molar-refractivity contribution >= 4 is 11.5 Å². The quantitative estimate of drug-likeness (QED) is 0.623. The van der Waals surface area contributed by atoms with Gasteiger partial charge in [0.05, 0.1) is 36.2 Å². The third kappa shape index (κ3) is 4.60. The van der Waals surface area contributed by atoms with Gasteiger partial charge < -0.3 is 15.2 Å². The Hall–Kier alpha value is -2.45. The molecule has 31 heavy (non-hydrogen) atoms. The SMILES string of the molecule is COC[C@H](C)Nc1ncc2c(-c3cnn(C(C)(C)C)c3)cc([C@H]3CC[C@H](O)CC3)n2n1. The summed E-state index contributed by atoms with van der Waals surface area (Å²) in [6.45, 7) is 9.05. The van der Waals surface area contributed by atoms with Gasteiger partial charge in [0.25, 0.3) is 0 Å². The molecule has 8 heteroatoms. The van der Waals surface area contributed by atoms with Crippen molar-refractivity contribution in [2.24, 2.45) is 0 Å². The van der Waals surface area contributed by atoms with E-state index in [1.807, 2.05) is 28.5 Å². The lowest BCUT2D eigenvalue weighted by Gasteiger charge is -2.25. The Morgan fingerprint density at radius 2 is 1.97 bits per heavy atom. The van der Waals surface area contributed by atoms with Crippen molar-refractivity contribution in [3.63, 3.8) is 0 Å². The van der Waals surface area contributed by atoms with Gasteiger partial charge in [-0.1, -0.05) is 0 Å². The number of aliphatic hydroxyl groups is 1. The van der Waals surface area contributed by atoms with Crippen molar-refractivity contribution in [2.75, 3.05) is 19.0 Å². The lowest BCUT2D eigenvalue weighted by molar-refractivity contribution is 0.121. The lowest BCUT2D eigenvalue weighted by atomic mass is 9.85. The molecule has 0 spiro atoms. The molecule has 1 saturated carbocycles. The van der Waals surface area contributed by atoms with Crippen molar-refractivity contribution in [1.82, 2.24) is 24.4 Å². The number of anilines is 1. The normalized spacial score (nSPS) is 20.8. The molecule has 3 aromatic rings. The monoisotopic (exact) mass is 426 g/mol. The molecule has 0 aliphatic heterocycles. The van der Waals surface area contributed by atoms with Crippen LogP contribution in [0, 0.1) is 0 Å². The van der Waals surface area contributed by atoms with Gasteiger partial charge in [0.2, 0.25) is 5.95 Å². The first kappa shape index (κ1) is 21.8. The van der Waals surface area contributed by atoms with Crippen LogP contribution in [0.5, 0.6) is 0 Å². The van der Waals surface area contributed by atoms with Gasteiger partial charge >= 0.3 is 0 Å². The van der Waals surface area contributed by atoms with E-state index in [9.17, 15) is 5.11 Å². The number of aliphatic hydroxyl groups excluding tert-OH is 1. The Labute approximate surface area is 183 Å². The van der Waals surface area contributed by atoms with Crippen LogP contribution in [-0.4, -0.2) is 55.3 Å². The molecule has 1 fully saturated rings. The molecule has 0 radical (unpaired) electrons. The Kier molecular flexibility index (Phi) is 6.03. The fourth-order valence-corrected chi connectivity index (χ4v) is 4.32. The van der Waals surface area contributed by atoms with E-state index in [1.54, 1.807) is 7.11 Å². The van der Waals surface area contributed by atoms with E-state index in [4.69, 9.17) is 9.84 Å². The van der Waals surface area contributed by atoms with Gasteiger partial charge in [-0.3, -0.25) is 4.68 Å². The van der Waals surface area contributed by atoms with Crippen LogP contribution in [0.3, 0.4) is 0 Å². The summed E-state index contributed by atoms with van der Waals surface area (Å²) in [5.41, 5.74) is 4.21. The molecular weight excluding hydrogens is 392 g/mol. The zero-order valence-corrected chi connectivity index (χ0v) is 19.2. The molecule has 0 bridgehead atoms. The molecular formula is C23H34N6O2. The molecule has 8 nitrogen and oxygen atoms in total. The van der Waals surface area contributed by atoms with Gasteiger partial charge in [-0.05, 0) is 59.4 Å². The largest absolute Gasteiger partial charge is 0.393 e. The fraction of sp³-hybridized carbons (Fsp3) is 0.609. The van der Waals surface area contributed by atoms with E-state index in [2.05, 4.69) is 48.4 Å². The van der Waals surface area contributed by atoms with E-state index in [0.717, 1.165) is 42.3 Å².